The molecule has 0 aromatic heterocycles. The highest BCUT2D eigenvalue weighted by Gasteiger charge is 2.32. The Labute approximate surface area is 127 Å². The molecule has 2 atom stereocenters. The van der Waals surface area contributed by atoms with Gasteiger partial charge in [-0.3, -0.25) is 0 Å². The number of hydrogen-bond donors (Lipinski definition) is 2. The molecule has 2 aliphatic rings. The van der Waals surface area contributed by atoms with Gasteiger partial charge in [-0.25, -0.2) is 4.39 Å². The molecule has 1 saturated heterocycles. The zero-order chi connectivity index (χ0) is 14.7. The van der Waals surface area contributed by atoms with Crippen LogP contribution in [0.2, 0.25) is 0 Å². The fraction of sp³-hybridized carbons (Fsp3) is 0.667. The van der Waals surface area contributed by atoms with Crippen LogP contribution in [0.5, 0.6) is 0 Å². The molecule has 1 aromatic carbocycles. The molecule has 0 radical (unpaired) electrons. The van der Waals surface area contributed by atoms with Crippen molar-refractivity contribution >= 4 is 0 Å². The molecule has 0 unspecified atom stereocenters. The van der Waals surface area contributed by atoms with Gasteiger partial charge in [0.1, 0.15) is 38.5 Å². The van der Waals surface area contributed by atoms with Crippen LogP contribution in [0.25, 0.3) is 0 Å². The molecule has 3 heteroatoms. The minimum Gasteiger partial charge on any atom is -0.323 e. The van der Waals surface area contributed by atoms with Crippen molar-refractivity contribution in [2.75, 3.05) is 26.2 Å². The monoisotopic (exact) mass is 292 g/mol. The van der Waals surface area contributed by atoms with Gasteiger partial charge in [-0.05, 0) is 24.8 Å². The highest BCUT2D eigenvalue weighted by Crippen LogP contribution is 2.21. The molecule has 2 fully saturated rings. The molecule has 0 spiro atoms. The number of nitrogens with one attached hydrogen (secondary N) is 2. The fourth-order valence-corrected chi connectivity index (χ4v) is 4.23. The smallest absolute Gasteiger partial charge is 0.132 e. The molecule has 3 rings (SSSR count). The zero-order valence-corrected chi connectivity index (χ0v) is 13.2. The van der Waals surface area contributed by atoms with Gasteiger partial charge in [0.2, 0.25) is 0 Å². The first-order chi connectivity index (χ1) is 10.2. The maximum atomic E-state index is 13.7. The predicted octanol–water partition coefficient (Wildman–Crippen LogP) is 0.688. The van der Waals surface area contributed by atoms with Crippen LogP contribution in [0.4, 0.5) is 4.39 Å². The van der Waals surface area contributed by atoms with Crippen molar-refractivity contribution < 1.29 is 14.2 Å². The third kappa shape index (κ3) is 3.83. The number of quaternary nitrogens is 2. The Morgan fingerprint density at radius 1 is 1.10 bits per heavy atom. The Balaban J connectivity index is 1.50. The normalized spacial score (nSPS) is 33.8. The van der Waals surface area contributed by atoms with Gasteiger partial charge in [0.15, 0.2) is 0 Å². The topological polar surface area (TPSA) is 8.88 Å². The van der Waals surface area contributed by atoms with Gasteiger partial charge in [-0.15, -0.1) is 0 Å². The summed E-state index contributed by atoms with van der Waals surface area (Å²) in [6, 6.07) is 8.14. The quantitative estimate of drug-likeness (QED) is 0.811. The van der Waals surface area contributed by atoms with Gasteiger partial charge in [-0.1, -0.05) is 31.5 Å². The predicted molar refractivity (Wildman–Crippen MR) is 82.9 cm³/mol. The van der Waals surface area contributed by atoms with E-state index in [9.17, 15) is 4.39 Å². The van der Waals surface area contributed by atoms with Gasteiger partial charge in [0, 0.05) is 12.0 Å². The van der Waals surface area contributed by atoms with Gasteiger partial charge in [-0.2, -0.15) is 0 Å². The fourth-order valence-electron chi connectivity index (χ4n) is 4.23. The van der Waals surface area contributed by atoms with E-state index in [0.29, 0.717) is 0 Å². The SMILES string of the molecule is C[C@H]1CCC[C@@H]([NH+]2CC[NH+](Cc3ccccc3F)CC2)C1. The lowest BCUT2D eigenvalue weighted by Gasteiger charge is -2.37. The molecular weight excluding hydrogens is 263 g/mol. The molecule has 1 saturated carbocycles. The summed E-state index contributed by atoms with van der Waals surface area (Å²) in [7, 11) is 0. The molecule has 2 N–H and O–H groups in total. The standard InChI is InChI=1S/C18H27FN2/c1-15-5-4-7-17(13-15)21-11-9-20(10-12-21)14-16-6-2-3-8-18(16)19/h2-3,6,8,15,17H,4-5,7,9-14H2,1H3/p+2/t15-,17+/m0/s1. The van der Waals surface area contributed by atoms with Crippen molar-refractivity contribution in [2.24, 2.45) is 5.92 Å². The van der Waals surface area contributed by atoms with Crippen LogP contribution in [-0.4, -0.2) is 32.2 Å². The van der Waals surface area contributed by atoms with E-state index in [-0.39, 0.29) is 5.82 Å². The first kappa shape index (κ1) is 15.0. The second-order valence-electron chi connectivity index (χ2n) is 7.15. The lowest BCUT2D eigenvalue weighted by Crippen LogP contribution is -3.29. The van der Waals surface area contributed by atoms with Crippen molar-refractivity contribution in [2.45, 2.75) is 45.2 Å². The molecule has 21 heavy (non-hydrogen) atoms. The van der Waals surface area contributed by atoms with E-state index in [1.807, 2.05) is 17.0 Å². The zero-order valence-electron chi connectivity index (χ0n) is 13.2. The minimum absolute atomic E-state index is 0.0409. The summed E-state index contributed by atoms with van der Waals surface area (Å²) >= 11 is 0. The summed E-state index contributed by atoms with van der Waals surface area (Å²) in [5, 5.41) is 0. The Bertz CT molecular complexity index is 454. The molecular formula is C18H29FN2+2. The van der Waals surface area contributed by atoms with Crippen LogP contribution in [0, 0.1) is 11.7 Å². The van der Waals surface area contributed by atoms with Crippen molar-refractivity contribution in [1.82, 2.24) is 0 Å². The summed E-state index contributed by atoms with van der Waals surface area (Å²) in [6.45, 7) is 8.16. The first-order valence-electron chi connectivity index (χ1n) is 8.64. The molecule has 1 heterocycles. The first-order valence-corrected chi connectivity index (χ1v) is 8.64. The van der Waals surface area contributed by atoms with E-state index in [1.54, 1.807) is 17.0 Å². The van der Waals surface area contributed by atoms with Gasteiger partial charge >= 0.3 is 0 Å². The van der Waals surface area contributed by atoms with Crippen LogP contribution in [0.15, 0.2) is 24.3 Å². The lowest BCUT2D eigenvalue weighted by atomic mass is 9.86. The summed E-state index contributed by atoms with van der Waals surface area (Å²) in [4.78, 5) is 3.37. The molecule has 0 bridgehead atoms. The molecule has 116 valence electrons. The average Bonchev–Trinajstić information content (AvgIpc) is 2.50. The van der Waals surface area contributed by atoms with Crippen LogP contribution in [-0.2, 0) is 6.54 Å². The maximum Gasteiger partial charge on any atom is 0.132 e. The summed E-state index contributed by atoms with van der Waals surface area (Å²) < 4.78 is 13.7. The van der Waals surface area contributed by atoms with E-state index in [4.69, 9.17) is 0 Å². The molecule has 1 aromatic rings. The molecule has 2 nitrogen and oxygen atoms in total. The maximum absolute atomic E-state index is 13.7. The Morgan fingerprint density at radius 2 is 1.86 bits per heavy atom. The summed E-state index contributed by atoms with van der Waals surface area (Å²) in [5.41, 5.74) is 0.877. The molecule has 1 aliphatic heterocycles. The largest absolute Gasteiger partial charge is 0.323 e. The van der Waals surface area contributed by atoms with E-state index in [1.165, 1.54) is 51.9 Å². The van der Waals surface area contributed by atoms with Crippen LogP contribution in [0.1, 0.15) is 38.2 Å². The van der Waals surface area contributed by atoms with E-state index in [2.05, 4.69) is 6.92 Å². The second kappa shape index (κ2) is 6.89. The van der Waals surface area contributed by atoms with Crippen LogP contribution < -0.4 is 9.80 Å². The summed E-state index contributed by atoms with van der Waals surface area (Å²) in [6.07, 6.45) is 5.68. The van der Waals surface area contributed by atoms with Crippen molar-refractivity contribution in [3.05, 3.63) is 35.6 Å². The Kier molecular flexibility index (Phi) is 4.91. The van der Waals surface area contributed by atoms with Gasteiger partial charge in [0.25, 0.3) is 0 Å². The van der Waals surface area contributed by atoms with Crippen LogP contribution in [0.3, 0.4) is 0 Å². The van der Waals surface area contributed by atoms with Crippen LogP contribution >= 0.6 is 0 Å². The average molecular weight is 292 g/mol. The van der Waals surface area contributed by atoms with Crippen molar-refractivity contribution in [3.63, 3.8) is 0 Å². The minimum atomic E-state index is -0.0409. The highest BCUT2D eigenvalue weighted by molar-refractivity contribution is 5.15. The summed E-state index contributed by atoms with van der Waals surface area (Å²) in [5.74, 6) is 0.876. The molecule has 0 amide bonds. The number of halogens is 1. The van der Waals surface area contributed by atoms with E-state index < -0.39 is 0 Å². The Morgan fingerprint density at radius 3 is 2.57 bits per heavy atom. The third-order valence-electron chi connectivity index (χ3n) is 5.51. The number of hydrogen-bond acceptors (Lipinski definition) is 0. The van der Waals surface area contributed by atoms with Crippen molar-refractivity contribution in [3.8, 4) is 0 Å². The molecule has 1 aliphatic carbocycles. The van der Waals surface area contributed by atoms with Crippen molar-refractivity contribution in [1.29, 1.82) is 0 Å². The van der Waals surface area contributed by atoms with E-state index >= 15 is 0 Å². The van der Waals surface area contributed by atoms with Gasteiger partial charge < -0.3 is 9.80 Å². The van der Waals surface area contributed by atoms with E-state index in [0.717, 1.165) is 24.1 Å². The lowest BCUT2D eigenvalue weighted by molar-refractivity contribution is -1.03. The number of piperazine rings is 1. The second-order valence-corrected chi connectivity index (χ2v) is 7.15. The number of benzene rings is 1. The third-order valence-corrected chi connectivity index (χ3v) is 5.51. The van der Waals surface area contributed by atoms with Gasteiger partial charge in [0.05, 0.1) is 6.04 Å². The highest BCUT2D eigenvalue weighted by atomic mass is 19.1. The number of rotatable bonds is 3. The Hall–Kier alpha value is -0.930.